The van der Waals surface area contributed by atoms with E-state index < -0.39 is 0 Å². The van der Waals surface area contributed by atoms with Gasteiger partial charge in [-0.15, -0.1) is 24.0 Å². The zero-order valence-corrected chi connectivity index (χ0v) is 18.3. The van der Waals surface area contributed by atoms with Crippen molar-refractivity contribution in [3.8, 4) is 5.75 Å². The van der Waals surface area contributed by atoms with Gasteiger partial charge in [0.15, 0.2) is 5.96 Å². The lowest BCUT2D eigenvalue weighted by Crippen LogP contribution is -2.53. The molecule has 0 atom stereocenters. The van der Waals surface area contributed by atoms with Crippen LogP contribution >= 0.6 is 35.6 Å². The molecule has 1 aromatic carbocycles. The lowest BCUT2D eigenvalue weighted by atomic mass is 10.3. The van der Waals surface area contributed by atoms with Crippen molar-refractivity contribution in [2.45, 2.75) is 0 Å². The maximum absolute atomic E-state index is 5.95. The van der Waals surface area contributed by atoms with Crippen molar-refractivity contribution in [2.75, 3.05) is 51.3 Å². The van der Waals surface area contributed by atoms with E-state index in [1.807, 2.05) is 24.3 Å². The molecule has 1 aliphatic rings. The Balaban J connectivity index is 0.00000261. The van der Waals surface area contributed by atoms with Gasteiger partial charge in [-0.05, 0) is 24.3 Å². The SMILES string of the molecule is CN=C(NCCOc1cccc(Cl)c1)N1CCN(c2ncccn2)CC1.I. The summed E-state index contributed by atoms with van der Waals surface area (Å²) in [6.07, 6.45) is 3.55. The van der Waals surface area contributed by atoms with Gasteiger partial charge in [0, 0.05) is 50.6 Å². The minimum Gasteiger partial charge on any atom is -0.492 e. The molecule has 1 aliphatic heterocycles. The van der Waals surface area contributed by atoms with Gasteiger partial charge in [-0.3, -0.25) is 4.99 Å². The van der Waals surface area contributed by atoms with E-state index in [2.05, 4.69) is 30.1 Å². The molecule has 1 fully saturated rings. The summed E-state index contributed by atoms with van der Waals surface area (Å²) in [5.74, 6) is 2.43. The highest BCUT2D eigenvalue weighted by Gasteiger charge is 2.20. The molecule has 0 bridgehead atoms. The number of hydrogen-bond acceptors (Lipinski definition) is 5. The number of aromatic nitrogens is 2. The molecule has 0 radical (unpaired) electrons. The summed E-state index contributed by atoms with van der Waals surface area (Å²) in [4.78, 5) is 17.4. The molecule has 1 aromatic heterocycles. The van der Waals surface area contributed by atoms with Gasteiger partial charge in [0.05, 0.1) is 6.54 Å². The number of halogens is 2. The monoisotopic (exact) mass is 502 g/mol. The summed E-state index contributed by atoms with van der Waals surface area (Å²) in [5.41, 5.74) is 0. The van der Waals surface area contributed by atoms with E-state index in [0.29, 0.717) is 18.2 Å². The molecule has 146 valence electrons. The first kappa shape index (κ1) is 21.5. The first-order chi connectivity index (χ1) is 12.8. The molecule has 27 heavy (non-hydrogen) atoms. The molecule has 0 aliphatic carbocycles. The van der Waals surface area contributed by atoms with Crippen LogP contribution in [0.5, 0.6) is 5.75 Å². The van der Waals surface area contributed by atoms with Gasteiger partial charge < -0.3 is 19.9 Å². The Labute approximate surface area is 181 Å². The van der Waals surface area contributed by atoms with Crippen LogP contribution in [0.25, 0.3) is 0 Å². The standard InChI is InChI=1S/C18H23ClN6O.HI/c1-20-17(23-8-13-26-16-5-2-4-15(19)14-16)24-9-11-25(12-10-24)18-21-6-3-7-22-18;/h2-7,14H,8-13H2,1H3,(H,20,23);1H. The second kappa shape index (κ2) is 11.1. The molecule has 1 N–H and O–H groups in total. The van der Waals surface area contributed by atoms with Gasteiger partial charge in [-0.1, -0.05) is 17.7 Å². The van der Waals surface area contributed by atoms with Gasteiger partial charge >= 0.3 is 0 Å². The van der Waals surface area contributed by atoms with Crippen molar-refractivity contribution in [2.24, 2.45) is 4.99 Å². The second-order valence-electron chi connectivity index (χ2n) is 5.80. The lowest BCUT2D eigenvalue weighted by molar-refractivity contribution is 0.315. The van der Waals surface area contributed by atoms with E-state index in [1.54, 1.807) is 25.5 Å². The van der Waals surface area contributed by atoms with Gasteiger partial charge in [-0.2, -0.15) is 0 Å². The fourth-order valence-corrected chi connectivity index (χ4v) is 2.97. The van der Waals surface area contributed by atoms with Crippen LogP contribution in [0.4, 0.5) is 5.95 Å². The number of nitrogens with one attached hydrogen (secondary N) is 1. The van der Waals surface area contributed by atoms with Crippen LogP contribution in [0.3, 0.4) is 0 Å². The van der Waals surface area contributed by atoms with E-state index in [-0.39, 0.29) is 24.0 Å². The predicted molar refractivity (Wildman–Crippen MR) is 120 cm³/mol. The summed E-state index contributed by atoms with van der Waals surface area (Å²) >= 11 is 5.95. The van der Waals surface area contributed by atoms with Crippen LogP contribution in [0.1, 0.15) is 0 Å². The fourth-order valence-electron chi connectivity index (χ4n) is 2.79. The van der Waals surface area contributed by atoms with E-state index in [0.717, 1.165) is 43.8 Å². The predicted octanol–water partition coefficient (Wildman–Crippen LogP) is 2.52. The highest BCUT2D eigenvalue weighted by Crippen LogP contribution is 2.16. The molecule has 0 amide bonds. The number of nitrogens with zero attached hydrogens (tertiary/aromatic N) is 5. The summed E-state index contributed by atoms with van der Waals surface area (Å²) < 4.78 is 5.70. The van der Waals surface area contributed by atoms with Crippen molar-refractivity contribution in [1.29, 1.82) is 0 Å². The Morgan fingerprint density at radius 3 is 2.59 bits per heavy atom. The Bertz CT molecular complexity index is 725. The zero-order chi connectivity index (χ0) is 18.2. The first-order valence-electron chi connectivity index (χ1n) is 8.62. The minimum atomic E-state index is 0. The van der Waals surface area contributed by atoms with Gasteiger partial charge in [-0.25, -0.2) is 9.97 Å². The molecular weight excluding hydrogens is 479 g/mol. The fraction of sp³-hybridized carbons (Fsp3) is 0.389. The third kappa shape index (κ3) is 6.39. The van der Waals surface area contributed by atoms with Gasteiger partial charge in [0.25, 0.3) is 0 Å². The van der Waals surface area contributed by atoms with Crippen molar-refractivity contribution < 1.29 is 4.74 Å². The highest BCUT2D eigenvalue weighted by atomic mass is 127. The number of benzene rings is 1. The Morgan fingerprint density at radius 1 is 1.19 bits per heavy atom. The molecule has 3 rings (SSSR count). The van der Waals surface area contributed by atoms with Crippen LogP contribution in [0.2, 0.25) is 5.02 Å². The normalized spacial score (nSPS) is 14.5. The number of hydrogen-bond donors (Lipinski definition) is 1. The van der Waals surface area contributed by atoms with Crippen molar-refractivity contribution >= 4 is 47.5 Å². The van der Waals surface area contributed by atoms with Crippen molar-refractivity contribution in [3.05, 3.63) is 47.7 Å². The third-order valence-electron chi connectivity index (χ3n) is 4.08. The van der Waals surface area contributed by atoms with Crippen LogP contribution in [0.15, 0.2) is 47.7 Å². The van der Waals surface area contributed by atoms with Crippen LogP contribution in [-0.2, 0) is 0 Å². The number of anilines is 1. The number of piperazine rings is 1. The molecular formula is C18H24ClIN6O. The zero-order valence-electron chi connectivity index (χ0n) is 15.2. The van der Waals surface area contributed by atoms with E-state index >= 15 is 0 Å². The Kier molecular flexibility index (Phi) is 8.86. The largest absolute Gasteiger partial charge is 0.492 e. The molecule has 0 spiro atoms. The van der Waals surface area contributed by atoms with Crippen molar-refractivity contribution in [1.82, 2.24) is 20.2 Å². The summed E-state index contributed by atoms with van der Waals surface area (Å²) in [7, 11) is 1.80. The maximum atomic E-state index is 5.95. The molecule has 2 heterocycles. The van der Waals surface area contributed by atoms with Gasteiger partial charge in [0.1, 0.15) is 12.4 Å². The number of guanidine groups is 1. The number of rotatable bonds is 5. The minimum absolute atomic E-state index is 0. The van der Waals surface area contributed by atoms with Crippen LogP contribution in [-0.4, -0.2) is 67.2 Å². The Morgan fingerprint density at radius 2 is 1.93 bits per heavy atom. The van der Waals surface area contributed by atoms with E-state index in [1.165, 1.54) is 0 Å². The lowest BCUT2D eigenvalue weighted by Gasteiger charge is -2.36. The smallest absolute Gasteiger partial charge is 0.225 e. The summed E-state index contributed by atoms with van der Waals surface area (Å²) in [6, 6.07) is 9.23. The molecule has 7 nitrogen and oxygen atoms in total. The molecule has 1 saturated heterocycles. The third-order valence-corrected chi connectivity index (χ3v) is 4.31. The average molecular weight is 503 g/mol. The second-order valence-corrected chi connectivity index (χ2v) is 6.24. The Hall–Kier alpha value is -1.81. The first-order valence-corrected chi connectivity index (χ1v) is 9.00. The van der Waals surface area contributed by atoms with E-state index in [4.69, 9.17) is 16.3 Å². The summed E-state index contributed by atoms with van der Waals surface area (Å²) in [5, 5.41) is 4.02. The van der Waals surface area contributed by atoms with Gasteiger partial charge in [0.2, 0.25) is 5.95 Å². The van der Waals surface area contributed by atoms with Crippen LogP contribution < -0.4 is 15.0 Å². The van der Waals surface area contributed by atoms with E-state index in [9.17, 15) is 0 Å². The summed E-state index contributed by atoms with van der Waals surface area (Å²) in [6.45, 7) is 4.67. The molecule has 0 unspecified atom stereocenters. The molecule has 9 heteroatoms. The number of ether oxygens (including phenoxy) is 1. The average Bonchev–Trinajstić information content (AvgIpc) is 2.69. The maximum Gasteiger partial charge on any atom is 0.225 e. The molecule has 0 saturated carbocycles. The van der Waals surface area contributed by atoms with Crippen LogP contribution in [0, 0.1) is 0 Å². The highest BCUT2D eigenvalue weighted by molar-refractivity contribution is 14.0. The number of aliphatic imine (C=N–C) groups is 1. The molecule has 2 aromatic rings. The van der Waals surface area contributed by atoms with Crippen molar-refractivity contribution in [3.63, 3.8) is 0 Å². The topological polar surface area (TPSA) is 65.9 Å². The quantitative estimate of drug-likeness (QED) is 0.293.